The number of imidazole rings is 1. The summed E-state index contributed by atoms with van der Waals surface area (Å²) in [6.07, 6.45) is 4.57. The summed E-state index contributed by atoms with van der Waals surface area (Å²) in [4.78, 5) is 20.6. The molecule has 4 aromatic rings. The smallest absolute Gasteiger partial charge is 0.335 e. The number of anilines is 1. The number of rotatable bonds is 7. The molecule has 13 heteroatoms. The molecule has 2 aliphatic heterocycles. The number of para-hydroxylation sites is 1. The standard InChI is InChI=1S/C25H27FN4O5.C8H7ClF.Cd/c26-16-10-14(25(33)34)11-20-23(16)27-22(30(20)12-15-6-9-35-15)13-28-7-8-29(18-5-4-17(18)28)19-2-1-3-21(31)24(19)32;1-2-6-3-4-7(9)5-8(6)10;/h1-3,10-11,15,17-18,31-32H,4-9,12-13H2,(H,33,34);2-5H,1H3;/q;-1;. The number of carbonyl (C=O) groups is 1. The summed E-state index contributed by atoms with van der Waals surface area (Å²) < 4.78 is 35.1. The third kappa shape index (κ3) is 6.78. The van der Waals surface area contributed by atoms with Crippen molar-refractivity contribution in [3.63, 3.8) is 0 Å². The Balaban J connectivity index is 0.000000326. The molecule has 9 nitrogen and oxygen atoms in total. The second-order valence-electron chi connectivity index (χ2n) is 11.5. The molecule has 1 aliphatic carbocycles. The van der Waals surface area contributed by atoms with E-state index in [1.165, 1.54) is 18.2 Å². The molecule has 1 aromatic heterocycles. The number of carboxylic acid groups (broad SMARTS) is 1. The Kier molecular flexibility index (Phi) is 10.6. The number of phenolic OH excluding ortho intramolecular Hbond substituents is 2. The van der Waals surface area contributed by atoms with Crippen molar-refractivity contribution in [3.8, 4) is 11.5 Å². The van der Waals surface area contributed by atoms with Gasteiger partial charge in [0.25, 0.3) is 0 Å². The zero-order valence-electron chi connectivity index (χ0n) is 25.4. The summed E-state index contributed by atoms with van der Waals surface area (Å²) in [5, 5.41) is 30.2. The van der Waals surface area contributed by atoms with E-state index in [9.17, 15) is 28.9 Å². The molecular weight excluding hydrogens is 718 g/mol. The molecular formula is C33H34CdClF2N4O5-. The number of piperazine rings is 1. The van der Waals surface area contributed by atoms with Crippen molar-refractivity contribution in [2.24, 2.45) is 0 Å². The van der Waals surface area contributed by atoms with E-state index in [-0.39, 0.29) is 73.9 Å². The maximum atomic E-state index is 14.8. The zero-order chi connectivity index (χ0) is 31.8. The number of carboxylic acids is 1. The number of nitrogens with zero attached hydrogens (tertiary/aromatic N) is 4. The van der Waals surface area contributed by atoms with Crippen LogP contribution in [0.1, 0.15) is 47.9 Å². The number of benzene rings is 3. The first-order valence-corrected chi connectivity index (χ1v) is 15.3. The van der Waals surface area contributed by atoms with Crippen molar-refractivity contribution in [2.75, 3.05) is 24.6 Å². The molecule has 3 heterocycles. The number of halogens is 3. The minimum atomic E-state index is -1.18. The van der Waals surface area contributed by atoms with Crippen LogP contribution in [0.5, 0.6) is 11.5 Å². The van der Waals surface area contributed by atoms with Crippen LogP contribution in [0.15, 0.2) is 48.5 Å². The number of hydrogen-bond donors (Lipinski definition) is 3. The Labute approximate surface area is 290 Å². The topological polar surface area (TPSA) is 111 Å². The first kappa shape index (κ1) is 34.2. The summed E-state index contributed by atoms with van der Waals surface area (Å²) >= 11 is 5.52. The van der Waals surface area contributed by atoms with Crippen LogP contribution in [-0.2, 0) is 45.1 Å². The SMILES string of the molecule is C[CH-]c1ccc(Cl)cc1F.O=C(O)c1cc(F)c2nc(CN3CCN(c4cccc(O)c4O)C4CCC43)n(CC3CCO3)c2c1.[Cd]. The Morgan fingerprint density at radius 3 is 2.46 bits per heavy atom. The van der Waals surface area contributed by atoms with Gasteiger partial charge in [0.05, 0.1) is 36.0 Å². The van der Waals surface area contributed by atoms with Crippen LogP contribution in [0.4, 0.5) is 14.5 Å². The fourth-order valence-corrected chi connectivity index (χ4v) is 6.45. The monoisotopic (exact) mass is 753 g/mol. The normalized spacial score (nSPS) is 20.4. The molecule has 240 valence electrons. The average Bonchev–Trinajstić information content (AvgIpc) is 3.30. The van der Waals surface area contributed by atoms with Gasteiger partial charge in [0.2, 0.25) is 0 Å². The number of aromatic carboxylic acids is 1. The van der Waals surface area contributed by atoms with E-state index in [0.29, 0.717) is 60.4 Å². The van der Waals surface area contributed by atoms with Crippen molar-refractivity contribution < 1.29 is 60.9 Å². The summed E-state index contributed by atoms with van der Waals surface area (Å²) in [6, 6.07) is 12.6. The summed E-state index contributed by atoms with van der Waals surface area (Å²) in [5.74, 6) is -1.62. The minimum Gasteiger partial charge on any atom is -0.504 e. The van der Waals surface area contributed by atoms with E-state index in [1.807, 2.05) is 10.6 Å². The molecule has 3 unspecified atom stereocenters. The van der Waals surface area contributed by atoms with E-state index in [2.05, 4.69) is 14.8 Å². The number of ether oxygens (including phenoxy) is 1. The van der Waals surface area contributed by atoms with Crippen molar-refractivity contribution in [2.45, 2.75) is 57.5 Å². The first-order chi connectivity index (χ1) is 21.6. The van der Waals surface area contributed by atoms with Gasteiger partial charge in [-0.1, -0.05) is 36.7 Å². The van der Waals surface area contributed by atoms with Crippen LogP contribution in [0.2, 0.25) is 5.02 Å². The fourth-order valence-electron chi connectivity index (χ4n) is 6.30. The Bertz CT molecular complexity index is 1740. The summed E-state index contributed by atoms with van der Waals surface area (Å²) in [7, 11) is 0. The molecule has 2 saturated heterocycles. The van der Waals surface area contributed by atoms with Gasteiger partial charge in [-0.25, -0.2) is 14.2 Å². The largest absolute Gasteiger partial charge is 0.504 e. The number of fused-ring (bicyclic) bond motifs is 2. The van der Waals surface area contributed by atoms with Crippen LogP contribution in [-0.4, -0.2) is 73.6 Å². The van der Waals surface area contributed by atoms with Gasteiger partial charge in [-0.3, -0.25) is 9.29 Å². The molecule has 0 radical (unpaired) electrons. The Hall–Kier alpha value is -3.14. The quantitative estimate of drug-likeness (QED) is 0.120. The third-order valence-electron chi connectivity index (χ3n) is 8.93. The van der Waals surface area contributed by atoms with Gasteiger partial charge in [0, 0.05) is 69.9 Å². The molecule has 7 rings (SSSR count). The average molecular weight is 753 g/mol. The van der Waals surface area contributed by atoms with E-state index in [4.69, 9.17) is 16.3 Å². The molecule has 46 heavy (non-hydrogen) atoms. The predicted molar refractivity (Wildman–Crippen MR) is 166 cm³/mol. The van der Waals surface area contributed by atoms with E-state index in [0.717, 1.165) is 25.3 Å². The van der Waals surface area contributed by atoms with Crippen molar-refractivity contribution in [1.29, 1.82) is 0 Å². The number of aromatic hydroxyl groups is 2. The van der Waals surface area contributed by atoms with Gasteiger partial charge in [-0.05, 0) is 43.5 Å². The minimum absolute atomic E-state index is 0. The van der Waals surface area contributed by atoms with Crippen molar-refractivity contribution in [3.05, 3.63) is 88.6 Å². The van der Waals surface area contributed by atoms with Crippen molar-refractivity contribution in [1.82, 2.24) is 14.5 Å². The maximum absolute atomic E-state index is 14.8. The third-order valence-corrected chi connectivity index (χ3v) is 9.17. The summed E-state index contributed by atoms with van der Waals surface area (Å²) in [5.41, 5.74) is 1.77. The van der Waals surface area contributed by atoms with E-state index < -0.39 is 11.8 Å². The van der Waals surface area contributed by atoms with Crippen molar-refractivity contribution >= 4 is 34.3 Å². The van der Waals surface area contributed by atoms with Gasteiger partial charge in [0.1, 0.15) is 11.3 Å². The van der Waals surface area contributed by atoms with Gasteiger partial charge in [0.15, 0.2) is 17.3 Å². The molecule has 0 amide bonds. The van der Waals surface area contributed by atoms with Crippen LogP contribution >= 0.6 is 11.6 Å². The van der Waals surface area contributed by atoms with Gasteiger partial charge < -0.3 is 29.5 Å². The molecule has 0 bridgehead atoms. The molecule has 3 fully saturated rings. The predicted octanol–water partition coefficient (Wildman–Crippen LogP) is 5.98. The molecule has 0 spiro atoms. The molecule has 3 aromatic carbocycles. The van der Waals surface area contributed by atoms with Crippen LogP contribution in [0.25, 0.3) is 11.0 Å². The molecule has 3 N–H and O–H groups in total. The van der Waals surface area contributed by atoms with Crippen LogP contribution < -0.4 is 4.90 Å². The van der Waals surface area contributed by atoms with Crippen LogP contribution in [0.3, 0.4) is 0 Å². The van der Waals surface area contributed by atoms with Crippen LogP contribution in [0, 0.1) is 18.1 Å². The number of hydrogen-bond acceptors (Lipinski definition) is 7. The second-order valence-corrected chi connectivity index (χ2v) is 12.0. The van der Waals surface area contributed by atoms with E-state index >= 15 is 0 Å². The maximum Gasteiger partial charge on any atom is 0.335 e. The Morgan fingerprint density at radius 1 is 1.07 bits per heavy atom. The first-order valence-electron chi connectivity index (χ1n) is 14.9. The van der Waals surface area contributed by atoms with Gasteiger partial charge in [-0.15, -0.1) is 0 Å². The van der Waals surface area contributed by atoms with Gasteiger partial charge in [-0.2, -0.15) is 18.1 Å². The van der Waals surface area contributed by atoms with E-state index in [1.54, 1.807) is 31.5 Å². The number of aromatic nitrogens is 2. The molecule has 3 atom stereocenters. The molecule has 3 aliphatic rings. The summed E-state index contributed by atoms with van der Waals surface area (Å²) in [6.45, 7) is 4.86. The fraction of sp³-hybridized carbons (Fsp3) is 0.364. The molecule has 1 saturated carbocycles. The zero-order valence-corrected chi connectivity index (χ0v) is 30.2. The van der Waals surface area contributed by atoms with Gasteiger partial charge >= 0.3 is 5.97 Å². The Morgan fingerprint density at radius 2 is 1.83 bits per heavy atom. The second kappa shape index (κ2) is 14.3. The number of phenols is 2.